The number of carbonyl (C=O) groups is 3. The lowest BCUT2D eigenvalue weighted by molar-refractivity contribution is -0.248. The van der Waals surface area contributed by atoms with Gasteiger partial charge in [-0.15, -0.1) is 0 Å². The number of aryl methyl sites for hydroxylation is 1. The van der Waals surface area contributed by atoms with Crippen molar-refractivity contribution < 1.29 is 41.8 Å². The molecule has 0 bridgehead atoms. The van der Waals surface area contributed by atoms with E-state index in [1.54, 1.807) is 6.92 Å². The fraction of sp³-hybridized carbons (Fsp3) is 0.600. The van der Waals surface area contributed by atoms with Crippen molar-refractivity contribution in [3.05, 3.63) is 20.8 Å². The van der Waals surface area contributed by atoms with E-state index in [-0.39, 0.29) is 23.7 Å². The number of rotatable bonds is 7. The molecule has 1 aliphatic heterocycles. The molecule has 0 radical (unpaired) electrons. The number of nitrogens with zero attached hydrogens (tertiary/aromatic N) is 3. The van der Waals surface area contributed by atoms with Crippen molar-refractivity contribution in [1.82, 2.24) is 19.1 Å². The molecule has 3 rings (SSSR count). The molecule has 0 spiro atoms. The minimum Gasteiger partial charge on any atom is -0.458 e. The molecular formula is C20H24F3N5O8. The monoisotopic (exact) mass is 519 g/mol. The molecule has 13 nitrogen and oxygen atoms in total. The van der Waals surface area contributed by atoms with Gasteiger partial charge in [-0.05, 0) is 6.42 Å². The highest BCUT2D eigenvalue weighted by atomic mass is 19.4. The molecule has 16 heteroatoms. The first kappa shape index (κ1) is 26.9. The van der Waals surface area contributed by atoms with E-state index in [1.807, 2.05) is 0 Å². The van der Waals surface area contributed by atoms with Crippen LogP contribution < -0.4 is 16.6 Å². The molecule has 36 heavy (non-hydrogen) atoms. The molecule has 0 unspecified atom stereocenters. The van der Waals surface area contributed by atoms with E-state index in [9.17, 15) is 37.1 Å². The Bertz CT molecular complexity index is 1300. The first-order valence-corrected chi connectivity index (χ1v) is 10.8. The van der Waals surface area contributed by atoms with E-state index < -0.39 is 66.2 Å². The Morgan fingerprint density at radius 2 is 1.89 bits per heavy atom. The number of halogens is 3. The maximum Gasteiger partial charge on any atom is 0.428 e. The van der Waals surface area contributed by atoms with Crippen molar-refractivity contribution in [3.63, 3.8) is 0 Å². The first-order valence-electron chi connectivity index (χ1n) is 10.8. The van der Waals surface area contributed by atoms with Crippen LogP contribution in [0, 0.1) is 0 Å². The van der Waals surface area contributed by atoms with Gasteiger partial charge in [0.1, 0.15) is 12.2 Å². The second-order valence-corrected chi connectivity index (χ2v) is 8.09. The van der Waals surface area contributed by atoms with Gasteiger partial charge in [-0.1, -0.05) is 6.92 Å². The number of ether oxygens (including phenoxy) is 3. The largest absolute Gasteiger partial charge is 0.458 e. The van der Waals surface area contributed by atoms with Gasteiger partial charge in [-0.2, -0.15) is 18.2 Å². The summed E-state index contributed by atoms with van der Waals surface area (Å²) in [5.41, 5.74) is -2.22. The van der Waals surface area contributed by atoms with E-state index in [2.05, 4.69) is 20.0 Å². The van der Waals surface area contributed by atoms with Crippen LogP contribution >= 0.6 is 0 Å². The Morgan fingerprint density at radius 3 is 2.42 bits per heavy atom. The zero-order valence-electron chi connectivity index (χ0n) is 19.7. The van der Waals surface area contributed by atoms with Crippen LogP contribution in [0.2, 0.25) is 0 Å². The van der Waals surface area contributed by atoms with Crippen molar-refractivity contribution in [2.24, 2.45) is 0 Å². The quantitative estimate of drug-likeness (QED) is 0.507. The second kappa shape index (κ2) is 10.1. The van der Waals surface area contributed by atoms with E-state index >= 15 is 0 Å². The molecule has 1 aliphatic rings. The van der Waals surface area contributed by atoms with Gasteiger partial charge in [0.25, 0.3) is 5.56 Å². The summed E-state index contributed by atoms with van der Waals surface area (Å²) in [6, 6.07) is 0. The molecule has 0 aromatic carbocycles. The number of fused-ring (bicyclic) bond motifs is 1. The lowest BCUT2D eigenvalue weighted by Gasteiger charge is -2.25. The fourth-order valence-corrected chi connectivity index (χ4v) is 4.01. The molecule has 1 saturated heterocycles. The highest BCUT2D eigenvalue weighted by Gasteiger charge is 2.54. The zero-order valence-corrected chi connectivity index (χ0v) is 19.7. The van der Waals surface area contributed by atoms with Gasteiger partial charge in [0.05, 0.1) is 0 Å². The Kier molecular flexibility index (Phi) is 7.56. The summed E-state index contributed by atoms with van der Waals surface area (Å²) in [6.45, 7) is 4.71. The number of anilines is 1. The number of nitrogens with one attached hydrogen (secondary N) is 2. The van der Waals surface area contributed by atoms with Crippen molar-refractivity contribution in [2.75, 3.05) is 5.32 Å². The number of alkyl halides is 3. The molecular weight excluding hydrogens is 495 g/mol. The number of aromatic nitrogens is 4. The Morgan fingerprint density at radius 1 is 1.22 bits per heavy atom. The number of aromatic amines is 1. The summed E-state index contributed by atoms with van der Waals surface area (Å²) in [6.07, 6.45) is -12.9. The highest BCUT2D eigenvalue weighted by molar-refractivity contribution is 5.87. The van der Waals surface area contributed by atoms with Crippen molar-refractivity contribution in [1.29, 1.82) is 0 Å². The van der Waals surface area contributed by atoms with Gasteiger partial charge in [0, 0.05) is 33.7 Å². The van der Waals surface area contributed by atoms with Crippen LogP contribution in [-0.2, 0) is 35.1 Å². The highest BCUT2D eigenvalue weighted by Crippen LogP contribution is 2.39. The number of H-pyrrole nitrogens is 1. The molecule has 1 amide bonds. The lowest BCUT2D eigenvalue weighted by atomic mass is 10.1. The molecule has 4 atom stereocenters. The molecule has 0 saturated carbocycles. The fourth-order valence-electron chi connectivity index (χ4n) is 4.01. The summed E-state index contributed by atoms with van der Waals surface area (Å²) in [7, 11) is 0. The summed E-state index contributed by atoms with van der Waals surface area (Å²) in [5, 5.41) is 2.27. The predicted molar refractivity (Wildman–Crippen MR) is 115 cm³/mol. The number of amides is 1. The van der Waals surface area contributed by atoms with Crippen LogP contribution in [0.1, 0.15) is 46.8 Å². The number of hydrogen-bond acceptors (Lipinski definition) is 9. The van der Waals surface area contributed by atoms with Gasteiger partial charge in [-0.25, -0.2) is 9.36 Å². The van der Waals surface area contributed by atoms with Gasteiger partial charge >= 0.3 is 23.8 Å². The second-order valence-electron chi connectivity index (χ2n) is 8.09. The summed E-state index contributed by atoms with van der Waals surface area (Å²) in [4.78, 5) is 67.1. The van der Waals surface area contributed by atoms with E-state index in [0.29, 0.717) is 6.42 Å². The maximum absolute atomic E-state index is 13.7. The SMILES string of the molecule is CCCn1c(=O)n([C@@H]2O[C@H]([C@H](OC(C)=O)C(F)(F)F)C[C@H]2OC(C)=O)c2nc(NC(C)=O)[nH]c(=O)c21. The Labute approximate surface area is 200 Å². The van der Waals surface area contributed by atoms with Crippen molar-refractivity contribution >= 4 is 35.0 Å². The van der Waals surface area contributed by atoms with Crippen molar-refractivity contribution in [2.45, 2.75) is 77.8 Å². The van der Waals surface area contributed by atoms with E-state index in [4.69, 9.17) is 9.47 Å². The van der Waals surface area contributed by atoms with E-state index in [1.165, 1.54) is 0 Å². The molecule has 198 valence electrons. The maximum atomic E-state index is 13.7. The Hall–Kier alpha value is -3.69. The molecule has 1 fully saturated rings. The summed E-state index contributed by atoms with van der Waals surface area (Å²) < 4.78 is 58.0. The average molecular weight is 519 g/mol. The predicted octanol–water partition coefficient (Wildman–Crippen LogP) is 0.968. The van der Waals surface area contributed by atoms with Crippen molar-refractivity contribution in [3.8, 4) is 0 Å². The van der Waals surface area contributed by atoms with Gasteiger partial charge in [0.15, 0.2) is 17.4 Å². The number of hydrogen-bond donors (Lipinski definition) is 2. The standard InChI is InChI=1S/C20H24F3N5O8/c1-5-6-27-13-15(25-18(24-8(2)29)26-16(13)32)28(19(27)33)17-12(34-9(3)30)7-11(36-17)14(20(21,22)23)35-10(4)31/h11-12,14,17H,5-7H2,1-4H3,(H2,24,25,26,29,32)/t11-,12+,14-,17+/m0/s1. The number of imidazole rings is 1. The molecule has 2 N–H and O–H groups in total. The first-order chi connectivity index (χ1) is 16.7. The van der Waals surface area contributed by atoms with Crippen LogP contribution in [0.15, 0.2) is 9.59 Å². The van der Waals surface area contributed by atoms with Crippen LogP contribution in [0.3, 0.4) is 0 Å². The normalized spacial score (nSPS) is 20.8. The molecule has 0 aliphatic carbocycles. The summed E-state index contributed by atoms with van der Waals surface area (Å²) in [5.74, 6) is -3.02. The van der Waals surface area contributed by atoms with Crippen LogP contribution in [0.4, 0.5) is 19.1 Å². The molecule has 2 aromatic heterocycles. The topological polar surface area (TPSA) is 164 Å². The minimum atomic E-state index is -5.04. The van der Waals surface area contributed by atoms with Crippen LogP contribution in [0.5, 0.6) is 0 Å². The number of carbonyl (C=O) groups excluding carboxylic acids is 3. The van der Waals surface area contributed by atoms with Gasteiger partial charge in [-0.3, -0.25) is 34.0 Å². The third kappa shape index (κ3) is 5.42. The Balaban J connectivity index is 2.22. The average Bonchev–Trinajstić information content (AvgIpc) is 3.23. The number of esters is 2. The van der Waals surface area contributed by atoms with Crippen LogP contribution in [-0.4, -0.2) is 61.4 Å². The van der Waals surface area contributed by atoms with Gasteiger partial charge < -0.3 is 14.2 Å². The smallest absolute Gasteiger partial charge is 0.428 e. The van der Waals surface area contributed by atoms with E-state index in [0.717, 1.165) is 29.9 Å². The zero-order chi connectivity index (χ0) is 26.9. The third-order valence-electron chi connectivity index (χ3n) is 5.18. The summed E-state index contributed by atoms with van der Waals surface area (Å²) >= 11 is 0. The minimum absolute atomic E-state index is 0.0413. The van der Waals surface area contributed by atoms with Crippen LogP contribution in [0.25, 0.3) is 11.2 Å². The third-order valence-corrected chi connectivity index (χ3v) is 5.18. The van der Waals surface area contributed by atoms with Gasteiger partial charge in [0.2, 0.25) is 18.0 Å². The molecule has 3 heterocycles. The molecule has 2 aromatic rings. The lowest BCUT2D eigenvalue weighted by Crippen LogP contribution is -2.43.